The number of rotatable bonds is 9. The van der Waals surface area contributed by atoms with E-state index in [2.05, 4.69) is 5.32 Å². The van der Waals surface area contributed by atoms with Crippen LogP contribution in [-0.4, -0.2) is 95.7 Å². The number of carbonyl (C=O) groups excluding carboxylic acids is 3. The zero-order valence-electron chi connectivity index (χ0n) is 17.0. The Balaban J connectivity index is 3.83. The molecule has 10 nitrogen and oxygen atoms in total. The number of likely N-dealkylation sites (N-methyl/N-ethyl adjacent to an activating group) is 1. The lowest BCUT2D eigenvalue weighted by molar-refractivity contribution is -0.125. The van der Waals surface area contributed by atoms with Crippen molar-refractivity contribution in [2.24, 2.45) is 0 Å². The minimum atomic E-state index is -1.30. The number of hydrogen-bond acceptors (Lipinski definition) is 7. The number of nitrogens with one attached hydrogen (secondary N) is 1. The van der Waals surface area contributed by atoms with Crippen molar-refractivity contribution in [3.8, 4) is 0 Å². The summed E-state index contributed by atoms with van der Waals surface area (Å²) in [4.78, 5) is 40.8. The van der Waals surface area contributed by atoms with Crippen molar-refractivity contribution in [1.82, 2.24) is 10.2 Å². The summed E-state index contributed by atoms with van der Waals surface area (Å²) in [6.45, 7) is 0.0198. The van der Waals surface area contributed by atoms with Crippen molar-refractivity contribution in [1.29, 1.82) is 0 Å². The first-order valence-electron chi connectivity index (χ1n) is 9.01. The van der Waals surface area contributed by atoms with Crippen LogP contribution in [0.4, 0.5) is 5.69 Å². The Bertz CT molecular complexity index is 851. The SMILES string of the molecule is CNC(=O)c1c(I)c(C(=O)N(CCO)CC(O)CO)c(I)c(N(C)C(=O)C(C)O)c1I. The number of hydrogen-bond donors (Lipinski definition) is 5. The molecule has 0 saturated heterocycles. The fourth-order valence-electron chi connectivity index (χ4n) is 2.71. The zero-order valence-corrected chi connectivity index (χ0v) is 23.5. The van der Waals surface area contributed by atoms with E-state index < -0.39 is 36.5 Å². The van der Waals surface area contributed by atoms with Crippen LogP contribution in [0.3, 0.4) is 0 Å². The van der Waals surface area contributed by atoms with Gasteiger partial charge >= 0.3 is 0 Å². The van der Waals surface area contributed by atoms with E-state index >= 15 is 0 Å². The predicted molar refractivity (Wildman–Crippen MR) is 139 cm³/mol. The molecule has 1 rings (SSSR count). The first-order valence-corrected chi connectivity index (χ1v) is 12.2. The summed E-state index contributed by atoms with van der Waals surface area (Å²) in [5.74, 6) is -1.68. The van der Waals surface area contributed by atoms with E-state index in [1.807, 2.05) is 67.8 Å². The van der Waals surface area contributed by atoms with E-state index in [-0.39, 0.29) is 36.5 Å². The third-order valence-electron chi connectivity index (χ3n) is 4.28. The monoisotopic (exact) mass is 775 g/mol. The normalized spacial score (nSPS) is 12.8. The van der Waals surface area contributed by atoms with Gasteiger partial charge in [-0.3, -0.25) is 14.4 Å². The standard InChI is InChI=1S/C18H24I3N3O7/c1-8(27)17(30)23(3)15-13(20)10(16(29)22-2)12(19)11(14(15)21)18(31)24(4-5-25)6-9(28)7-26/h8-9,25-28H,4-7H2,1-3H3,(H,22,29). The number of amides is 3. The van der Waals surface area contributed by atoms with Crippen LogP contribution in [0.1, 0.15) is 27.6 Å². The van der Waals surface area contributed by atoms with Crippen molar-refractivity contribution < 1.29 is 34.8 Å². The van der Waals surface area contributed by atoms with Crippen LogP contribution in [0.15, 0.2) is 0 Å². The molecule has 174 valence electrons. The van der Waals surface area contributed by atoms with Gasteiger partial charge in [-0.25, -0.2) is 0 Å². The molecule has 0 aliphatic rings. The molecule has 1 aromatic rings. The molecule has 13 heteroatoms. The molecule has 3 amide bonds. The maximum Gasteiger partial charge on any atom is 0.256 e. The number of anilines is 1. The van der Waals surface area contributed by atoms with Crippen molar-refractivity contribution in [2.45, 2.75) is 19.1 Å². The molecule has 0 heterocycles. The molecule has 0 aromatic heterocycles. The van der Waals surface area contributed by atoms with E-state index in [9.17, 15) is 29.7 Å². The van der Waals surface area contributed by atoms with Gasteiger partial charge < -0.3 is 35.5 Å². The highest BCUT2D eigenvalue weighted by atomic mass is 127. The van der Waals surface area contributed by atoms with Crippen LogP contribution in [0.5, 0.6) is 0 Å². The Hall–Kier alpha value is -0.340. The second kappa shape index (κ2) is 12.8. The molecule has 2 unspecified atom stereocenters. The minimum absolute atomic E-state index is 0.110. The molecular formula is C18H24I3N3O7. The van der Waals surface area contributed by atoms with Crippen LogP contribution >= 0.6 is 67.8 Å². The molecule has 0 saturated carbocycles. The van der Waals surface area contributed by atoms with Crippen molar-refractivity contribution in [3.63, 3.8) is 0 Å². The number of aliphatic hydroxyl groups excluding tert-OH is 4. The number of aliphatic hydroxyl groups is 4. The third kappa shape index (κ3) is 6.59. The first-order chi connectivity index (χ1) is 14.4. The highest BCUT2D eigenvalue weighted by Crippen LogP contribution is 2.38. The van der Waals surface area contributed by atoms with Crippen LogP contribution in [0.2, 0.25) is 0 Å². The summed E-state index contributed by atoms with van der Waals surface area (Å²) >= 11 is 5.69. The average Bonchev–Trinajstić information content (AvgIpc) is 2.71. The molecule has 0 bridgehead atoms. The van der Waals surface area contributed by atoms with Gasteiger partial charge in [-0.1, -0.05) is 0 Å². The van der Waals surface area contributed by atoms with Crippen molar-refractivity contribution >= 4 is 91.2 Å². The van der Waals surface area contributed by atoms with Gasteiger partial charge in [0.05, 0.1) is 43.3 Å². The fourth-order valence-corrected chi connectivity index (χ4v) is 7.56. The molecule has 31 heavy (non-hydrogen) atoms. The summed E-state index contributed by atoms with van der Waals surface area (Å²) in [6.07, 6.45) is -2.52. The number of halogens is 3. The number of nitrogens with zero attached hydrogens (tertiary/aromatic N) is 2. The van der Waals surface area contributed by atoms with Gasteiger partial charge in [0.25, 0.3) is 17.7 Å². The Morgan fingerprint density at radius 3 is 2.03 bits per heavy atom. The summed E-state index contributed by atoms with van der Waals surface area (Å²) in [7, 11) is 2.87. The third-order valence-corrected chi connectivity index (χ3v) is 7.46. The summed E-state index contributed by atoms with van der Waals surface area (Å²) in [6, 6.07) is 0. The van der Waals surface area contributed by atoms with Gasteiger partial charge in [0, 0.05) is 30.8 Å². The first kappa shape index (κ1) is 28.7. The van der Waals surface area contributed by atoms with Crippen LogP contribution in [0.25, 0.3) is 0 Å². The molecule has 0 radical (unpaired) electrons. The number of benzene rings is 1. The molecule has 0 spiro atoms. The molecular weight excluding hydrogens is 751 g/mol. The summed E-state index contributed by atoms with van der Waals surface area (Å²) < 4.78 is 1.11. The molecule has 0 aliphatic heterocycles. The Labute approximate surface area is 220 Å². The summed E-state index contributed by atoms with van der Waals surface area (Å²) in [5, 5.41) is 40.6. The Kier molecular flexibility index (Phi) is 11.8. The Morgan fingerprint density at radius 2 is 1.58 bits per heavy atom. The smallest absolute Gasteiger partial charge is 0.256 e. The van der Waals surface area contributed by atoms with Gasteiger partial charge in [-0.2, -0.15) is 0 Å². The second-order valence-electron chi connectivity index (χ2n) is 6.50. The van der Waals surface area contributed by atoms with E-state index in [0.717, 1.165) is 0 Å². The second-order valence-corrected chi connectivity index (χ2v) is 9.74. The van der Waals surface area contributed by atoms with Crippen LogP contribution in [-0.2, 0) is 4.79 Å². The molecule has 1 aromatic carbocycles. The Morgan fingerprint density at radius 1 is 1.03 bits per heavy atom. The molecule has 0 fully saturated rings. The van der Waals surface area contributed by atoms with Gasteiger partial charge in [-0.05, 0) is 74.7 Å². The highest BCUT2D eigenvalue weighted by molar-refractivity contribution is 14.1. The summed E-state index contributed by atoms with van der Waals surface area (Å²) in [5.41, 5.74) is 0.569. The lowest BCUT2D eigenvalue weighted by atomic mass is 10.1. The van der Waals surface area contributed by atoms with Gasteiger partial charge in [0.15, 0.2) is 0 Å². The van der Waals surface area contributed by atoms with Crippen molar-refractivity contribution in [3.05, 3.63) is 21.8 Å². The van der Waals surface area contributed by atoms with Gasteiger partial charge in [0.2, 0.25) is 0 Å². The van der Waals surface area contributed by atoms with E-state index in [1.165, 1.54) is 30.8 Å². The van der Waals surface area contributed by atoms with E-state index in [4.69, 9.17) is 5.11 Å². The highest BCUT2D eigenvalue weighted by Gasteiger charge is 2.33. The minimum Gasteiger partial charge on any atom is -0.395 e. The molecule has 0 aliphatic carbocycles. The number of carbonyl (C=O) groups is 3. The molecule has 2 atom stereocenters. The topological polar surface area (TPSA) is 151 Å². The quantitative estimate of drug-likeness (QED) is 0.222. The predicted octanol–water partition coefficient (Wildman–Crippen LogP) is -0.00870. The lowest BCUT2D eigenvalue weighted by Crippen LogP contribution is -2.42. The van der Waals surface area contributed by atoms with Crippen LogP contribution < -0.4 is 10.2 Å². The van der Waals surface area contributed by atoms with Crippen molar-refractivity contribution in [2.75, 3.05) is 45.3 Å². The fraction of sp³-hybridized carbons (Fsp3) is 0.500. The van der Waals surface area contributed by atoms with Gasteiger partial charge in [0.1, 0.15) is 6.10 Å². The van der Waals surface area contributed by atoms with E-state index in [0.29, 0.717) is 10.7 Å². The van der Waals surface area contributed by atoms with Gasteiger partial charge in [-0.15, -0.1) is 0 Å². The lowest BCUT2D eigenvalue weighted by Gasteiger charge is -2.29. The zero-order chi connectivity index (χ0) is 24.0. The van der Waals surface area contributed by atoms with E-state index in [1.54, 1.807) is 0 Å². The average molecular weight is 775 g/mol. The van der Waals surface area contributed by atoms with Crippen LogP contribution in [0, 0.1) is 10.7 Å². The maximum absolute atomic E-state index is 13.4. The maximum atomic E-state index is 13.4. The largest absolute Gasteiger partial charge is 0.395 e. The molecule has 5 N–H and O–H groups in total.